The summed E-state index contributed by atoms with van der Waals surface area (Å²) in [5.74, 6) is 0.980. The van der Waals surface area contributed by atoms with E-state index in [9.17, 15) is 4.79 Å². The van der Waals surface area contributed by atoms with Crippen LogP contribution in [0.4, 0.5) is 0 Å². The van der Waals surface area contributed by atoms with Gasteiger partial charge in [-0.05, 0) is 38.6 Å². The fourth-order valence-corrected chi connectivity index (χ4v) is 2.22. The van der Waals surface area contributed by atoms with E-state index in [4.69, 9.17) is 0 Å². The Morgan fingerprint density at radius 1 is 1.24 bits per heavy atom. The number of hydrogen-bond acceptors (Lipinski definition) is 3. The minimum Gasteiger partial charge on any atom is -0.355 e. The summed E-state index contributed by atoms with van der Waals surface area (Å²) in [6.07, 6.45) is 4.92. The minimum absolute atomic E-state index is 0. The van der Waals surface area contributed by atoms with Crippen LogP contribution < -0.4 is 10.6 Å². The van der Waals surface area contributed by atoms with Crippen LogP contribution in [0.3, 0.4) is 0 Å². The summed E-state index contributed by atoms with van der Waals surface area (Å²) in [5.41, 5.74) is 0. The lowest BCUT2D eigenvalue weighted by molar-refractivity contribution is -0.122. The average molecular weight is 262 g/mol. The summed E-state index contributed by atoms with van der Waals surface area (Å²) >= 11 is 0. The van der Waals surface area contributed by atoms with E-state index in [-0.39, 0.29) is 18.3 Å². The third-order valence-corrected chi connectivity index (χ3v) is 3.65. The van der Waals surface area contributed by atoms with Crippen molar-refractivity contribution in [2.24, 2.45) is 5.92 Å². The molecule has 0 unspecified atom stereocenters. The van der Waals surface area contributed by atoms with E-state index in [2.05, 4.69) is 15.5 Å². The predicted molar refractivity (Wildman–Crippen MR) is 71.5 cm³/mol. The van der Waals surface area contributed by atoms with Gasteiger partial charge in [-0.3, -0.25) is 9.69 Å². The van der Waals surface area contributed by atoms with Gasteiger partial charge in [-0.25, -0.2) is 0 Å². The maximum absolute atomic E-state index is 11.6. The van der Waals surface area contributed by atoms with Crippen LogP contribution in [0.15, 0.2) is 0 Å². The summed E-state index contributed by atoms with van der Waals surface area (Å²) in [4.78, 5) is 13.9. The number of halogens is 1. The number of nitrogens with zero attached hydrogens (tertiary/aromatic N) is 1. The smallest absolute Gasteiger partial charge is 0.234 e. The Labute approximate surface area is 110 Å². The van der Waals surface area contributed by atoms with E-state index in [1.54, 1.807) is 0 Å². The van der Waals surface area contributed by atoms with E-state index in [1.165, 1.54) is 12.8 Å². The average Bonchev–Trinajstić information content (AvgIpc) is 3.11. The first kappa shape index (κ1) is 14.7. The molecule has 0 radical (unpaired) electrons. The Morgan fingerprint density at radius 3 is 2.41 bits per heavy atom. The molecule has 1 aliphatic heterocycles. The van der Waals surface area contributed by atoms with Crippen LogP contribution in [0.25, 0.3) is 0 Å². The largest absolute Gasteiger partial charge is 0.355 e. The highest BCUT2D eigenvalue weighted by molar-refractivity contribution is 5.85. The van der Waals surface area contributed by atoms with Gasteiger partial charge in [0.1, 0.15) is 0 Å². The molecule has 1 aliphatic carbocycles. The third-order valence-electron chi connectivity index (χ3n) is 3.65. The van der Waals surface area contributed by atoms with Crippen LogP contribution in [0, 0.1) is 5.92 Å². The van der Waals surface area contributed by atoms with Crippen molar-refractivity contribution in [1.29, 1.82) is 0 Å². The van der Waals surface area contributed by atoms with Crippen LogP contribution in [-0.4, -0.2) is 50.1 Å². The van der Waals surface area contributed by atoms with Crippen molar-refractivity contribution in [3.05, 3.63) is 0 Å². The molecule has 17 heavy (non-hydrogen) atoms. The van der Waals surface area contributed by atoms with Gasteiger partial charge in [-0.1, -0.05) is 0 Å². The van der Waals surface area contributed by atoms with Crippen LogP contribution in [0.5, 0.6) is 0 Å². The zero-order chi connectivity index (χ0) is 11.4. The van der Waals surface area contributed by atoms with Gasteiger partial charge in [0.15, 0.2) is 0 Å². The molecule has 0 spiro atoms. The summed E-state index contributed by atoms with van der Waals surface area (Å²) in [6, 6.07) is 0.644. The molecule has 2 fully saturated rings. The second-order valence-electron chi connectivity index (χ2n) is 5.09. The van der Waals surface area contributed by atoms with Gasteiger partial charge in [0.05, 0.1) is 6.54 Å². The molecule has 2 rings (SSSR count). The molecule has 5 heteroatoms. The Morgan fingerprint density at radius 2 is 1.88 bits per heavy atom. The van der Waals surface area contributed by atoms with Gasteiger partial charge in [-0.2, -0.15) is 0 Å². The molecule has 1 amide bonds. The molecule has 1 heterocycles. The summed E-state index contributed by atoms with van der Waals surface area (Å²) in [6.45, 7) is 3.57. The van der Waals surface area contributed by atoms with Crippen molar-refractivity contribution in [2.45, 2.75) is 31.7 Å². The second-order valence-corrected chi connectivity index (χ2v) is 5.09. The Hall–Kier alpha value is -0.320. The molecular formula is C12H24ClN3O. The molecule has 1 saturated carbocycles. The summed E-state index contributed by atoms with van der Waals surface area (Å²) in [5, 5.41) is 6.32. The number of nitrogens with one attached hydrogen (secondary N) is 2. The molecule has 2 N–H and O–H groups in total. The fraction of sp³-hybridized carbons (Fsp3) is 0.917. The lowest BCUT2D eigenvalue weighted by Gasteiger charge is -2.31. The van der Waals surface area contributed by atoms with E-state index in [0.29, 0.717) is 12.6 Å². The van der Waals surface area contributed by atoms with Crippen LogP contribution in [0.1, 0.15) is 25.7 Å². The summed E-state index contributed by atoms with van der Waals surface area (Å²) in [7, 11) is 2.02. The van der Waals surface area contributed by atoms with Crippen LogP contribution in [-0.2, 0) is 4.79 Å². The second kappa shape index (κ2) is 7.19. The predicted octanol–water partition coefficient (Wildman–Crippen LogP) is 0.618. The zero-order valence-electron chi connectivity index (χ0n) is 10.6. The quantitative estimate of drug-likeness (QED) is 0.763. The number of likely N-dealkylation sites (tertiary alicyclic amines) is 1. The highest BCUT2D eigenvalue weighted by atomic mass is 35.5. The fourth-order valence-electron chi connectivity index (χ4n) is 2.22. The lowest BCUT2D eigenvalue weighted by Crippen LogP contribution is -2.45. The standard InChI is InChI=1S/C12H23N3O.ClH/c1-13-11-4-6-15(7-5-11)9-12(16)14-8-10-2-3-10;/h10-11,13H,2-9H2,1H3,(H,14,16);1H. The van der Waals surface area contributed by atoms with Crippen molar-refractivity contribution in [1.82, 2.24) is 15.5 Å². The van der Waals surface area contributed by atoms with Gasteiger partial charge in [0.25, 0.3) is 0 Å². The number of hydrogen-bond donors (Lipinski definition) is 2. The molecule has 0 bridgehead atoms. The number of amides is 1. The lowest BCUT2D eigenvalue weighted by atomic mass is 10.1. The van der Waals surface area contributed by atoms with Crippen molar-refractivity contribution in [3.8, 4) is 0 Å². The van der Waals surface area contributed by atoms with Crippen molar-refractivity contribution < 1.29 is 4.79 Å². The van der Waals surface area contributed by atoms with Gasteiger partial charge in [-0.15, -0.1) is 12.4 Å². The molecule has 100 valence electrons. The first-order chi connectivity index (χ1) is 7.78. The van der Waals surface area contributed by atoms with Crippen LogP contribution >= 0.6 is 12.4 Å². The Balaban J connectivity index is 0.00000144. The number of carbonyl (C=O) groups excluding carboxylic acids is 1. The maximum Gasteiger partial charge on any atom is 0.234 e. The SMILES string of the molecule is CNC1CCN(CC(=O)NCC2CC2)CC1.Cl. The Bertz CT molecular complexity index is 238. The summed E-state index contributed by atoms with van der Waals surface area (Å²) < 4.78 is 0. The zero-order valence-corrected chi connectivity index (χ0v) is 11.4. The number of rotatable bonds is 5. The number of piperidine rings is 1. The van der Waals surface area contributed by atoms with E-state index in [0.717, 1.165) is 38.4 Å². The topological polar surface area (TPSA) is 44.4 Å². The molecular weight excluding hydrogens is 238 g/mol. The van der Waals surface area contributed by atoms with Gasteiger partial charge in [0.2, 0.25) is 5.91 Å². The molecule has 0 atom stereocenters. The molecule has 2 aliphatic rings. The minimum atomic E-state index is 0. The van der Waals surface area contributed by atoms with Gasteiger partial charge >= 0.3 is 0 Å². The monoisotopic (exact) mass is 261 g/mol. The van der Waals surface area contributed by atoms with Crippen LogP contribution in [0.2, 0.25) is 0 Å². The van der Waals surface area contributed by atoms with E-state index in [1.807, 2.05) is 7.05 Å². The van der Waals surface area contributed by atoms with Crippen molar-refractivity contribution in [3.63, 3.8) is 0 Å². The molecule has 4 nitrogen and oxygen atoms in total. The highest BCUT2D eigenvalue weighted by Crippen LogP contribution is 2.27. The Kier molecular flexibility index (Phi) is 6.23. The first-order valence-electron chi connectivity index (χ1n) is 6.44. The number of carbonyl (C=O) groups is 1. The third kappa shape index (κ3) is 5.23. The van der Waals surface area contributed by atoms with Gasteiger partial charge < -0.3 is 10.6 Å². The molecule has 1 saturated heterocycles. The molecule has 0 aromatic rings. The first-order valence-corrected chi connectivity index (χ1v) is 6.44. The normalized spacial score (nSPS) is 21.9. The highest BCUT2D eigenvalue weighted by Gasteiger charge is 2.23. The molecule has 0 aromatic carbocycles. The van der Waals surface area contributed by atoms with E-state index < -0.39 is 0 Å². The van der Waals surface area contributed by atoms with Gasteiger partial charge in [0, 0.05) is 25.7 Å². The van der Waals surface area contributed by atoms with Crippen molar-refractivity contribution >= 4 is 18.3 Å². The van der Waals surface area contributed by atoms with E-state index >= 15 is 0 Å². The van der Waals surface area contributed by atoms with Crippen molar-refractivity contribution in [2.75, 3.05) is 33.2 Å². The molecule has 0 aromatic heterocycles. The maximum atomic E-state index is 11.6.